The Morgan fingerprint density at radius 1 is 1.53 bits per heavy atom. The second-order valence-electron chi connectivity index (χ2n) is 2.71. The van der Waals surface area contributed by atoms with Crippen LogP contribution in [0.3, 0.4) is 0 Å². The summed E-state index contributed by atoms with van der Waals surface area (Å²) in [5, 5.41) is 0.419. The minimum absolute atomic E-state index is 0.0572. The molecule has 2 N–H and O–H groups in total. The molecule has 0 aliphatic carbocycles. The maximum Gasteiger partial charge on any atom is 0.272 e. The van der Waals surface area contributed by atoms with Crippen LogP contribution in [0.15, 0.2) is 18.2 Å². The molecule has 0 saturated heterocycles. The average molecular weight is 252 g/mol. The van der Waals surface area contributed by atoms with Crippen LogP contribution in [0.4, 0.5) is 8.78 Å². The third kappa shape index (κ3) is 3.60. The first-order valence-electron chi connectivity index (χ1n) is 4.01. The molecule has 0 bridgehead atoms. The van der Waals surface area contributed by atoms with Crippen molar-refractivity contribution < 1.29 is 13.5 Å². The molecule has 0 fully saturated rings. The van der Waals surface area contributed by atoms with Crippen molar-refractivity contribution in [2.24, 2.45) is 5.73 Å². The predicted molar refractivity (Wildman–Crippen MR) is 58.8 cm³/mol. The van der Waals surface area contributed by atoms with Crippen LogP contribution in [0, 0.1) is 0 Å². The Morgan fingerprint density at radius 3 is 2.73 bits per heavy atom. The minimum atomic E-state index is -2.54. The summed E-state index contributed by atoms with van der Waals surface area (Å²) in [4.78, 5) is 0.0572. The van der Waals surface area contributed by atoms with Crippen LogP contribution in [-0.4, -0.2) is 18.0 Å². The summed E-state index contributed by atoms with van der Waals surface area (Å²) in [7, 11) is 0. The van der Waals surface area contributed by atoms with Gasteiger partial charge in [0.15, 0.2) is 0 Å². The molecule has 0 atom stereocenters. The van der Waals surface area contributed by atoms with Crippen molar-refractivity contribution in [2.75, 3.05) is 6.61 Å². The normalized spacial score (nSPS) is 10.4. The summed E-state index contributed by atoms with van der Waals surface area (Å²) in [5.74, 6) is 0.215. The fourth-order valence-electron chi connectivity index (χ4n) is 0.973. The molecule has 0 saturated carbocycles. The molecule has 0 amide bonds. The number of rotatable bonds is 4. The quantitative estimate of drug-likeness (QED) is 0.836. The van der Waals surface area contributed by atoms with Gasteiger partial charge in [0, 0.05) is 5.02 Å². The van der Waals surface area contributed by atoms with Gasteiger partial charge in [0.1, 0.15) is 17.3 Å². The summed E-state index contributed by atoms with van der Waals surface area (Å²) >= 11 is 10.4. The third-order valence-electron chi connectivity index (χ3n) is 1.57. The van der Waals surface area contributed by atoms with E-state index in [-0.39, 0.29) is 10.7 Å². The fourth-order valence-corrected chi connectivity index (χ4v) is 1.31. The summed E-state index contributed by atoms with van der Waals surface area (Å²) in [6.45, 7) is -0.697. The topological polar surface area (TPSA) is 35.2 Å². The van der Waals surface area contributed by atoms with Crippen LogP contribution in [0.25, 0.3) is 0 Å². The number of hydrogen-bond donors (Lipinski definition) is 1. The molecule has 6 heteroatoms. The lowest BCUT2D eigenvalue weighted by Crippen LogP contribution is -2.14. The molecule has 0 aliphatic heterocycles. The largest absolute Gasteiger partial charge is 0.487 e. The van der Waals surface area contributed by atoms with E-state index >= 15 is 0 Å². The Balaban J connectivity index is 2.91. The molecular weight excluding hydrogens is 244 g/mol. The molecule has 0 radical (unpaired) electrons. The van der Waals surface area contributed by atoms with Gasteiger partial charge in [-0.3, -0.25) is 0 Å². The van der Waals surface area contributed by atoms with Crippen LogP contribution in [0.1, 0.15) is 5.56 Å². The van der Waals surface area contributed by atoms with E-state index in [9.17, 15) is 8.78 Å². The Kier molecular flexibility index (Phi) is 4.23. The van der Waals surface area contributed by atoms with E-state index in [0.29, 0.717) is 10.6 Å². The highest BCUT2D eigenvalue weighted by molar-refractivity contribution is 7.80. The number of benzene rings is 1. The lowest BCUT2D eigenvalue weighted by atomic mass is 10.2. The highest BCUT2D eigenvalue weighted by atomic mass is 35.5. The zero-order valence-corrected chi connectivity index (χ0v) is 9.12. The van der Waals surface area contributed by atoms with Crippen LogP contribution >= 0.6 is 23.8 Å². The number of thiocarbonyl (C=S) groups is 1. The highest BCUT2D eigenvalue weighted by Gasteiger charge is 2.10. The van der Waals surface area contributed by atoms with Crippen molar-refractivity contribution >= 4 is 28.8 Å². The van der Waals surface area contributed by atoms with Crippen molar-refractivity contribution in [3.63, 3.8) is 0 Å². The number of halogens is 3. The maximum absolute atomic E-state index is 11.9. The molecule has 0 spiro atoms. The SMILES string of the molecule is NC(=S)c1cc(Cl)ccc1OCC(F)F. The highest BCUT2D eigenvalue weighted by Crippen LogP contribution is 2.23. The first-order chi connectivity index (χ1) is 7.00. The second-order valence-corrected chi connectivity index (χ2v) is 3.58. The van der Waals surface area contributed by atoms with Crippen molar-refractivity contribution in [3.8, 4) is 5.75 Å². The van der Waals surface area contributed by atoms with Crippen LogP contribution in [0.2, 0.25) is 5.02 Å². The van der Waals surface area contributed by atoms with Crippen molar-refractivity contribution in [1.82, 2.24) is 0 Å². The zero-order valence-electron chi connectivity index (χ0n) is 7.54. The number of ether oxygens (including phenoxy) is 1. The van der Waals surface area contributed by atoms with E-state index in [1.165, 1.54) is 18.2 Å². The molecule has 15 heavy (non-hydrogen) atoms. The smallest absolute Gasteiger partial charge is 0.272 e. The molecule has 1 aromatic carbocycles. The van der Waals surface area contributed by atoms with Gasteiger partial charge in [0.05, 0.1) is 5.56 Å². The fraction of sp³-hybridized carbons (Fsp3) is 0.222. The van der Waals surface area contributed by atoms with Gasteiger partial charge in [-0.25, -0.2) is 8.78 Å². The summed E-state index contributed by atoms with van der Waals surface area (Å²) < 4.78 is 28.7. The summed E-state index contributed by atoms with van der Waals surface area (Å²) in [6.07, 6.45) is -2.54. The first-order valence-corrected chi connectivity index (χ1v) is 4.79. The Hall–Kier alpha value is -0.940. The van der Waals surface area contributed by atoms with Crippen molar-refractivity contribution in [3.05, 3.63) is 28.8 Å². The zero-order chi connectivity index (χ0) is 11.4. The van der Waals surface area contributed by atoms with Gasteiger partial charge in [-0.1, -0.05) is 23.8 Å². The predicted octanol–water partition coefficient (Wildman–Crippen LogP) is 2.62. The summed E-state index contributed by atoms with van der Waals surface area (Å²) in [5.41, 5.74) is 5.75. The van der Waals surface area contributed by atoms with Gasteiger partial charge in [-0.05, 0) is 18.2 Å². The monoisotopic (exact) mass is 251 g/mol. The average Bonchev–Trinajstić information content (AvgIpc) is 2.15. The van der Waals surface area contributed by atoms with E-state index in [1.54, 1.807) is 0 Å². The molecule has 2 nitrogen and oxygen atoms in total. The van der Waals surface area contributed by atoms with Gasteiger partial charge in [0.25, 0.3) is 6.43 Å². The molecule has 82 valence electrons. The second kappa shape index (κ2) is 5.23. The number of nitrogens with two attached hydrogens (primary N) is 1. The third-order valence-corrected chi connectivity index (χ3v) is 2.03. The lowest BCUT2D eigenvalue weighted by Gasteiger charge is -2.10. The Bertz CT molecular complexity index is 373. The molecule has 0 heterocycles. The van der Waals surface area contributed by atoms with Crippen molar-refractivity contribution in [1.29, 1.82) is 0 Å². The van der Waals surface area contributed by atoms with E-state index in [1.807, 2.05) is 0 Å². The van der Waals surface area contributed by atoms with Gasteiger partial charge in [0.2, 0.25) is 0 Å². The maximum atomic E-state index is 11.9. The molecule has 0 aromatic heterocycles. The van der Waals surface area contributed by atoms with Crippen molar-refractivity contribution in [2.45, 2.75) is 6.43 Å². The molecule has 1 aromatic rings. The van der Waals surface area contributed by atoms with E-state index < -0.39 is 13.0 Å². The molecule has 0 unspecified atom stereocenters. The molecule has 0 aliphatic rings. The Labute approximate surface area is 96.0 Å². The number of hydrogen-bond acceptors (Lipinski definition) is 2. The van der Waals surface area contributed by atoms with Gasteiger partial charge < -0.3 is 10.5 Å². The Morgan fingerprint density at radius 2 is 2.20 bits per heavy atom. The lowest BCUT2D eigenvalue weighted by molar-refractivity contribution is 0.0818. The van der Waals surface area contributed by atoms with Crippen LogP contribution < -0.4 is 10.5 Å². The molecule has 1 rings (SSSR count). The first kappa shape index (κ1) is 12.1. The van der Waals surface area contributed by atoms with Gasteiger partial charge in [-0.15, -0.1) is 0 Å². The van der Waals surface area contributed by atoms with E-state index in [0.717, 1.165) is 0 Å². The van der Waals surface area contributed by atoms with Crippen LogP contribution in [0.5, 0.6) is 5.75 Å². The van der Waals surface area contributed by atoms with E-state index in [4.69, 9.17) is 34.3 Å². The minimum Gasteiger partial charge on any atom is -0.487 e. The van der Waals surface area contributed by atoms with Crippen LogP contribution in [-0.2, 0) is 0 Å². The number of alkyl halides is 2. The van der Waals surface area contributed by atoms with Gasteiger partial charge in [-0.2, -0.15) is 0 Å². The van der Waals surface area contributed by atoms with Gasteiger partial charge >= 0.3 is 0 Å². The van der Waals surface area contributed by atoms with E-state index in [2.05, 4.69) is 0 Å². The molecular formula is C9H8ClF2NOS. The standard InChI is InChI=1S/C9H8ClF2NOS/c10-5-1-2-7(14-4-8(11)12)6(3-5)9(13)15/h1-3,8H,4H2,(H2,13,15). The summed E-state index contributed by atoms with van der Waals surface area (Å²) in [6, 6.07) is 4.45.